The van der Waals surface area contributed by atoms with Crippen LogP contribution in [0.4, 0.5) is 0 Å². The molecule has 0 saturated heterocycles. The third-order valence-electron chi connectivity index (χ3n) is 2.66. The Kier molecular flexibility index (Phi) is 3.65. The van der Waals surface area contributed by atoms with Crippen molar-refractivity contribution in [2.45, 2.75) is 26.7 Å². The fourth-order valence-corrected chi connectivity index (χ4v) is 1.81. The van der Waals surface area contributed by atoms with Crippen molar-refractivity contribution in [2.24, 2.45) is 5.92 Å². The summed E-state index contributed by atoms with van der Waals surface area (Å²) in [6.45, 7) is 4.25. The number of esters is 1. The SMILES string of the molecule is COC(=O)Cc1ccc2oc(CC(C)C)nc2c1. The molecule has 4 heteroatoms. The summed E-state index contributed by atoms with van der Waals surface area (Å²) in [5.41, 5.74) is 2.45. The van der Waals surface area contributed by atoms with E-state index in [4.69, 9.17) is 4.42 Å². The number of ether oxygens (including phenoxy) is 1. The van der Waals surface area contributed by atoms with Crippen LogP contribution >= 0.6 is 0 Å². The maximum atomic E-state index is 11.2. The Bertz CT molecular complexity index is 557. The van der Waals surface area contributed by atoms with Crippen molar-refractivity contribution in [2.75, 3.05) is 7.11 Å². The van der Waals surface area contributed by atoms with Crippen LogP contribution in [0.2, 0.25) is 0 Å². The number of aromatic nitrogens is 1. The summed E-state index contributed by atoms with van der Waals surface area (Å²) in [6, 6.07) is 5.59. The minimum absolute atomic E-state index is 0.250. The molecular weight excluding hydrogens is 230 g/mol. The molecule has 0 aliphatic carbocycles. The van der Waals surface area contributed by atoms with Gasteiger partial charge in [-0.15, -0.1) is 0 Å². The highest BCUT2D eigenvalue weighted by molar-refractivity contribution is 5.77. The average Bonchev–Trinajstić information content (AvgIpc) is 2.69. The van der Waals surface area contributed by atoms with Crippen LogP contribution < -0.4 is 0 Å². The summed E-state index contributed by atoms with van der Waals surface area (Å²) in [4.78, 5) is 15.6. The molecule has 0 amide bonds. The summed E-state index contributed by atoms with van der Waals surface area (Å²) in [5, 5.41) is 0. The molecule has 0 aliphatic rings. The van der Waals surface area contributed by atoms with Gasteiger partial charge in [-0.3, -0.25) is 4.79 Å². The van der Waals surface area contributed by atoms with E-state index in [0.29, 0.717) is 5.92 Å². The Morgan fingerprint density at radius 3 is 2.89 bits per heavy atom. The summed E-state index contributed by atoms with van der Waals surface area (Å²) in [6.07, 6.45) is 1.08. The molecule has 0 atom stereocenters. The average molecular weight is 247 g/mol. The van der Waals surface area contributed by atoms with Gasteiger partial charge in [-0.05, 0) is 23.6 Å². The number of methoxy groups -OCH3 is 1. The van der Waals surface area contributed by atoms with Gasteiger partial charge in [0.15, 0.2) is 11.5 Å². The van der Waals surface area contributed by atoms with Crippen molar-refractivity contribution >= 4 is 17.1 Å². The van der Waals surface area contributed by atoms with E-state index in [0.717, 1.165) is 29.0 Å². The van der Waals surface area contributed by atoms with Gasteiger partial charge in [-0.2, -0.15) is 0 Å². The molecular formula is C14H17NO3. The van der Waals surface area contributed by atoms with Crippen LogP contribution in [-0.2, 0) is 22.4 Å². The fraction of sp³-hybridized carbons (Fsp3) is 0.429. The van der Waals surface area contributed by atoms with Gasteiger partial charge in [0.25, 0.3) is 0 Å². The van der Waals surface area contributed by atoms with Crippen molar-refractivity contribution in [3.63, 3.8) is 0 Å². The maximum absolute atomic E-state index is 11.2. The van der Waals surface area contributed by atoms with E-state index in [-0.39, 0.29) is 12.4 Å². The van der Waals surface area contributed by atoms with Crippen molar-refractivity contribution in [1.82, 2.24) is 4.98 Å². The molecule has 1 aromatic carbocycles. The zero-order chi connectivity index (χ0) is 13.1. The Labute approximate surface area is 106 Å². The number of carbonyl (C=O) groups excluding carboxylic acids is 1. The molecule has 0 saturated carbocycles. The molecule has 2 rings (SSSR count). The van der Waals surface area contributed by atoms with E-state index in [1.165, 1.54) is 7.11 Å². The Hall–Kier alpha value is -1.84. The summed E-state index contributed by atoms with van der Waals surface area (Å²) < 4.78 is 10.3. The number of hydrogen-bond acceptors (Lipinski definition) is 4. The normalized spacial score (nSPS) is 11.1. The van der Waals surface area contributed by atoms with E-state index in [1.54, 1.807) is 0 Å². The van der Waals surface area contributed by atoms with Crippen LogP contribution in [0.15, 0.2) is 22.6 Å². The molecule has 0 spiro atoms. The molecule has 4 nitrogen and oxygen atoms in total. The van der Waals surface area contributed by atoms with E-state index >= 15 is 0 Å². The van der Waals surface area contributed by atoms with Gasteiger partial charge in [0.2, 0.25) is 0 Å². The first-order valence-corrected chi connectivity index (χ1v) is 6.03. The topological polar surface area (TPSA) is 52.3 Å². The minimum Gasteiger partial charge on any atom is -0.469 e. The quantitative estimate of drug-likeness (QED) is 0.779. The van der Waals surface area contributed by atoms with Gasteiger partial charge in [0.1, 0.15) is 5.52 Å². The third-order valence-corrected chi connectivity index (χ3v) is 2.66. The molecule has 18 heavy (non-hydrogen) atoms. The second kappa shape index (κ2) is 5.21. The summed E-state index contributed by atoms with van der Waals surface area (Å²) in [7, 11) is 1.39. The lowest BCUT2D eigenvalue weighted by Gasteiger charge is -1.98. The molecule has 0 fully saturated rings. The molecule has 1 aromatic heterocycles. The van der Waals surface area contributed by atoms with Gasteiger partial charge in [0.05, 0.1) is 13.5 Å². The first kappa shape index (κ1) is 12.6. The molecule has 0 radical (unpaired) electrons. The fourth-order valence-electron chi connectivity index (χ4n) is 1.81. The zero-order valence-corrected chi connectivity index (χ0v) is 10.9. The monoisotopic (exact) mass is 247 g/mol. The van der Waals surface area contributed by atoms with Crippen molar-refractivity contribution in [1.29, 1.82) is 0 Å². The van der Waals surface area contributed by atoms with E-state index in [9.17, 15) is 4.79 Å². The molecule has 96 valence electrons. The number of rotatable bonds is 4. The number of oxazole rings is 1. The number of benzene rings is 1. The first-order chi connectivity index (χ1) is 8.58. The molecule has 1 heterocycles. The van der Waals surface area contributed by atoms with Crippen LogP contribution in [0.3, 0.4) is 0 Å². The summed E-state index contributed by atoms with van der Waals surface area (Å²) >= 11 is 0. The van der Waals surface area contributed by atoms with Crippen LogP contribution in [0.5, 0.6) is 0 Å². The van der Waals surface area contributed by atoms with E-state index in [1.807, 2.05) is 18.2 Å². The number of nitrogens with zero attached hydrogens (tertiary/aromatic N) is 1. The second-order valence-corrected chi connectivity index (χ2v) is 4.76. The Balaban J connectivity index is 2.25. The number of fused-ring (bicyclic) bond motifs is 1. The molecule has 0 N–H and O–H groups in total. The van der Waals surface area contributed by atoms with Gasteiger partial charge < -0.3 is 9.15 Å². The smallest absolute Gasteiger partial charge is 0.309 e. The van der Waals surface area contributed by atoms with Crippen LogP contribution in [0, 0.1) is 5.92 Å². The van der Waals surface area contributed by atoms with Crippen molar-refractivity contribution in [3.8, 4) is 0 Å². The Morgan fingerprint density at radius 1 is 1.44 bits per heavy atom. The van der Waals surface area contributed by atoms with Crippen LogP contribution in [0.1, 0.15) is 25.3 Å². The molecule has 0 aliphatic heterocycles. The van der Waals surface area contributed by atoms with Gasteiger partial charge in [-0.25, -0.2) is 4.98 Å². The van der Waals surface area contributed by atoms with Crippen molar-refractivity contribution in [3.05, 3.63) is 29.7 Å². The number of carbonyl (C=O) groups is 1. The van der Waals surface area contributed by atoms with Crippen LogP contribution in [0.25, 0.3) is 11.1 Å². The highest BCUT2D eigenvalue weighted by Gasteiger charge is 2.09. The van der Waals surface area contributed by atoms with Gasteiger partial charge >= 0.3 is 5.97 Å². The lowest BCUT2D eigenvalue weighted by Crippen LogP contribution is -2.04. The van der Waals surface area contributed by atoms with Crippen LogP contribution in [-0.4, -0.2) is 18.1 Å². The molecule has 2 aromatic rings. The van der Waals surface area contributed by atoms with E-state index < -0.39 is 0 Å². The maximum Gasteiger partial charge on any atom is 0.309 e. The lowest BCUT2D eigenvalue weighted by molar-refractivity contribution is -0.139. The lowest BCUT2D eigenvalue weighted by atomic mass is 10.1. The first-order valence-electron chi connectivity index (χ1n) is 6.03. The predicted molar refractivity (Wildman–Crippen MR) is 68.3 cm³/mol. The third kappa shape index (κ3) is 2.88. The summed E-state index contributed by atoms with van der Waals surface area (Å²) in [5.74, 6) is 1.00. The predicted octanol–water partition coefficient (Wildman–Crippen LogP) is 2.74. The van der Waals surface area contributed by atoms with Gasteiger partial charge in [-0.1, -0.05) is 19.9 Å². The molecule has 0 bridgehead atoms. The molecule has 0 unspecified atom stereocenters. The number of hydrogen-bond donors (Lipinski definition) is 0. The highest BCUT2D eigenvalue weighted by atomic mass is 16.5. The standard InChI is InChI=1S/C14H17NO3/c1-9(2)6-13-15-11-7-10(8-14(16)17-3)4-5-12(11)18-13/h4-5,7,9H,6,8H2,1-3H3. The Morgan fingerprint density at radius 2 is 2.22 bits per heavy atom. The van der Waals surface area contributed by atoms with Gasteiger partial charge in [0, 0.05) is 6.42 Å². The zero-order valence-electron chi connectivity index (χ0n) is 10.9. The van der Waals surface area contributed by atoms with E-state index in [2.05, 4.69) is 23.6 Å². The minimum atomic E-state index is -0.250. The highest BCUT2D eigenvalue weighted by Crippen LogP contribution is 2.19. The van der Waals surface area contributed by atoms with Crippen molar-refractivity contribution < 1.29 is 13.9 Å². The second-order valence-electron chi connectivity index (χ2n) is 4.76. The largest absolute Gasteiger partial charge is 0.469 e.